The van der Waals surface area contributed by atoms with Gasteiger partial charge in [-0.1, -0.05) is 26.0 Å². The van der Waals surface area contributed by atoms with Crippen molar-refractivity contribution in [2.24, 2.45) is 5.92 Å². The van der Waals surface area contributed by atoms with Gasteiger partial charge in [0.25, 0.3) is 19.7 Å². The van der Waals surface area contributed by atoms with Crippen molar-refractivity contribution in [3.63, 3.8) is 0 Å². The van der Waals surface area contributed by atoms with Crippen molar-refractivity contribution in [2.75, 3.05) is 0 Å². The van der Waals surface area contributed by atoms with E-state index >= 15 is 0 Å². The van der Waals surface area contributed by atoms with Gasteiger partial charge in [-0.05, 0) is 24.1 Å². The summed E-state index contributed by atoms with van der Waals surface area (Å²) in [5.41, 5.74) is -13.8. The number of esters is 1. The fourth-order valence-corrected chi connectivity index (χ4v) is 5.35. The van der Waals surface area contributed by atoms with E-state index in [1.165, 1.54) is 6.92 Å². The number of carbonyl (C=O) groups excluding carboxylic acids is 1. The molecule has 1 rings (SSSR count). The van der Waals surface area contributed by atoms with Crippen molar-refractivity contribution < 1.29 is 52.7 Å². The standard InChI is InChI=1S/C14H14F6O6S2/c1-3-8(2)11(21)26-10-6-4-9(5-7-10)12(27(22,23)13(15,16)17)28(24,25)14(18,19)20/h4-8,12H,3H2,1-2H3. The number of hydrogen-bond acceptors (Lipinski definition) is 6. The van der Waals surface area contributed by atoms with Crippen LogP contribution in [0.25, 0.3) is 0 Å². The maximum Gasteiger partial charge on any atom is 0.499 e. The molecule has 14 heteroatoms. The van der Waals surface area contributed by atoms with E-state index in [1.807, 2.05) is 0 Å². The van der Waals surface area contributed by atoms with Crippen molar-refractivity contribution in [2.45, 2.75) is 35.9 Å². The lowest BCUT2D eigenvalue weighted by molar-refractivity contribution is -0.138. The highest BCUT2D eigenvalue weighted by Gasteiger charge is 2.63. The van der Waals surface area contributed by atoms with Gasteiger partial charge in [-0.2, -0.15) is 26.3 Å². The molecule has 0 spiro atoms. The number of rotatable bonds is 6. The first-order valence-corrected chi connectivity index (χ1v) is 10.5. The van der Waals surface area contributed by atoms with Crippen LogP contribution in [-0.2, 0) is 24.5 Å². The maximum atomic E-state index is 12.8. The van der Waals surface area contributed by atoms with Crippen LogP contribution in [0.5, 0.6) is 5.75 Å². The van der Waals surface area contributed by atoms with Gasteiger partial charge in [0.2, 0.25) is 4.58 Å². The van der Waals surface area contributed by atoms with Gasteiger partial charge in [0.05, 0.1) is 5.92 Å². The van der Waals surface area contributed by atoms with Gasteiger partial charge in [0, 0.05) is 0 Å². The molecule has 1 aromatic rings. The normalized spacial score (nSPS) is 14.8. The minimum Gasteiger partial charge on any atom is -0.426 e. The molecule has 160 valence electrons. The zero-order valence-corrected chi connectivity index (χ0v) is 15.8. The summed E-state index contributed by atoms with van der Waals surface area (Å²) in [7, 11) is -13.6. The molecule has 1 aromatic carbocycles. The molecular weight excluding hydrogens is 442 g/mol. The van der Waals surface area contributed by atoms with Gasteiger partial charge < -0.3 is 4.74 Å². The molecule has 0 amide bonds. The molecule has 0 aromatic heterocycles. The van der Waals surface area contributed by atoms with Gasteiger partial charge in [-0.3, -0.25) is 4.79 Å². The minimum absolute atomic E-state index is 0.318. The van der Waals surface area contributed by atoms with Crippen LogP contribution in [0.3, 0.4) is 0 Å². The molecule has 0 heterocycles. The smallest absolute Gasteiger partial charge is 0.426 e. The topological polar surface area (TPSA) is 94.6 Å². The van der Waals surface area contributed by atoms with Gasteiger partial charge in [0.1, 0.15) is 5.75 Å². The number of sulfone groups is 2. The van der Waals surface area contributed by atoms with Crippen LogP contribution in [0.2, 0.25) is 0 Å². The van der Waals surface area contributed by atoms with E-state index in [4.69, 9.17) is 4.74 Å². The number of alkyl halides is 6. The lowest BCUT2D eigenvalue weighted by Crippen LogP contribution is -2.39. The third kappa shape index (κ3) is 4.77. The van der Waals surface area contributed by atoms with E-state index < -0.39 is 52.7 Å². The summed E-state index contributed by atoms with van der Waals surface area (Å²) < 4.78 is 124. The molecule has 0 fully saturated rings. The van der Waals surface area contributed by atoms with Crippen LogP contribution in [-0.4, -0.2) is 33.8 Å². The monoisotopic (exact) mass is 456 g/mol. The van der Waals surface area contributed by atoms with Crippen molar-refractivity contribution in [3.05, 3.63) is 29.8 Å². The van der Waals surface area contributed by atoms with Crippen LogP contribution in [0.4, 0.5) is 26.3 Å². The lowest BCUT2D eigenvalue weighted by atomic mass is 10.1. The van der Waals surface area contributed by atoms with Crippen molar-refractivity contribution in [1.82, 2.24) is 0 Å². The lowest BCUT2D eigenvalue weighted by Gasteiger charge is -2.21. The Bertz CT molecular complexity index is 873. The predicted molar refractivity (Wildman–Crippen MR) is 84.2 cm³/mol. The van der Waals surface area contributed by atoms with E-state index in [1.54, 1.807) is 6.92 Å². The molecule has 0 radical (unpaired) electrons. The van der Waals surface area contributed by atoms with Gasteiger partial charge >= 0.3 is 17.0 Å². The largest absolute Gasteiger partial charge is 0.499 e. The highest BCUT2D eigenvalue weighted by molar-refractivity contribution is 8.09. The van der Waals surface area contributed by atoms with Crippen molar-refractivity contribution in [1.29, 1.82) is 0 Å². The summed E-state index contributed by atoms with van der Waals surface area (Å²) in [6.45, 7) is 3.15. The molecule has 0 aliphatic rings. The zero-order valence-electron chi connectivity index (χ0n) is 14.2. The first kappa shape index (κ1) is 24.2. The Kier molecular flexibility index (Phi) is 6.82. The molecule has 0 saturated carbocycles. The van der Waals surface area contributed by atoms with Crippen LogP contribution in [0.15, 0.2) is 24.3 Å². The SMILES string of the molecule is CCC(C)C(=O)Oc1ccc(C(S(=O)(=O)C(F)(F)F)S(=O)(=O)C(F)(F)F)cc1. The second kappa shape index (κ2) is 7.89. The molecule has 0 aliphatic heterocycles. The van der Waals surface area contributed by atoms with E-state index in [0.29, 0.717) is 30.7 Å². The summed E-state index contributed by atoms with van der Waals surface area (Å²) in [4.78, 5) is 11.6. The quantitative estimate of drug-likeness (QED) is 0.370. The maximum absolute atomic E-state index is 12.8. The fourth-order valence-electron chi connectivity index (χ4n) is 1.84. The molecule has 1 unspecified atom stereocenters. The van der Waals surface area contributed by atoms with Crippen LogP contribution in [0, 0.1) is 5.92 Å². The number of benzene rings is 1. The third-order valence-electron chi connectivity index (χ3n) is 3.59. The molecule has 0 saturated heterocycles. The second-order valence-electron chi connectivity index (χ2n) is 5.61. The molecule has 1 atom stereocenters. The molecule has 28 heavy (non-hydrogen) atoms. The third-order valence-corrected chi connectivity index (χ3v) is 8.08. The van der Waals surface area contributed by atoms with Gasteiger partial charge in [-0.25, -0.2) is 16.8 Å². The number of carbonyl (C=O) groups is 1. The molecule has 0 aliphatic carbocycles. The Labute approximate surface area is 156 Å². The molecule has 0 N–H and O–H groups in total. The average Bonchev–Trinajstić information content (AvgIpc) is 2.53. The number of ether oxygens (including phenoxy) is 1. The Balaban J connectivity index is 3.48. The Morgan fingerprint density at radius 3 is 1.64 bits per heavy atom. The van der Waals surface area contributed by atoms with E-state index in [9.17, 15) is 48.0 Å². The first-order chi connectivity index (χ1) is 12.5. The van der Waals surface area contributed by atoms with E-state index in [2.05, 4.69) is 0 Å². The molecule has 0 bridgehead atoms. The highest BCUT2D eigenvalue weighted by Crippen LogP contribution is 2.45. The summed E-state index contributed by atoms with van der Waals surface area (Å²) in [6, 6.07) is 2.19. The van der Waals surface area contributed by atoms with Crippen LogP contribution < -0.4 is 4.74 Å². The summed E-state index contributed by atoms with van der Waals surface area (Å²) >= 11 is 0. The second-order valence-corrected chi connectivity index (χ2v) is 9.96. The molecule has 6 nitrogen and oxygen atoms in total. The molecular formula is C14H14F6O6S2. The number of halogens is 6. The Morgan fingerprint density at radius 2 is 1.32 bits per heavy atom. The highest BCUT2D eigenvalue weighted by atomic mass is 32.3. The van der Waals surface area contributed by atoms with Gasteiger partial charge in [0.15, 0.2) is 0 Å². The zero-order chi connectivity index (χ0) is 22.1. The number of hydrogen-bond donors (Lipinski definition) is 0. The summed E-state index contributed by atoms with van der Waals surface area (Å²) in [5, 5.41) is 0. The van der Waals surface area contributed by atoms with E-state index in [-0.39, 0.29) is 5.75 Å². The van der Waals surface area contributed by atoms with Crippen molar-refractivity contribution in [3.8, 4) is 5.75 Å². The first-order valence-electron chi connectivity index (χ1n) is 7.38. The van der Waals surface area contributed by atoms with Crippen LogP contribution >= 0.6 is 0 Å². The fraction of sp³-hybridized carbons (Fsp3) is 0.500. The van der Waals surface area contributed by atoms with Crippen molar-refractivity contribution >= 4 is 25.6 Å². The summed E-state index contributed by atoms with van der Waals surface area (Å²) in [6.07, 6.45) is 0.382. The Hall–Kier alpha value is -1.83. The predicted octanol–water partition coefficient (Wildman–Crippen LogP) is 3.51. The average molecular weight is 456 g/mol. The Morgan fingerprint density at radius 1 is 0.929 bits per heavy atom. The van der Waals surface area contributed by atoms with E-state index in [0.717, 1.165) is 0 Å². The minimum atomic E-state index is -6.80. The summed E-state index contributed by atoms with van der Waals surface area (Å²) in [5.74, 6) is -1.64. The van der Waals surface area contributed by atoms with Crippen LogP contribution in [0.1, 0.15) is 30.4 Å². The van der Waals surface area contributed by atoms with Gasteiger partial charge in [-0.15, -0.1) is 0 Å².